The Morgan fingerprint density at radius 1 is 1.16 bits per heavy atom. The van der Waals surface area contributed by atoms with Crippen LogP contribution in [-0.4, -0.2) is 39.4 Å². The minimum Gasteiger partial charge on any atom is -0.481 e. The Morgan fingerprint density at radius 2 is 1.97 bits per heavy atom. The minimum absolute atomic E-state index is 0.0378. The van der Waals surface area contributed by atoms with Gasteiger partial charge in [0.25, 0.3) is 0 Å². The van der Waals surface area contributed by atoms with E-state index in [1.165, 1.54) is 11.5 Å². The Bertz CT molecular complexity index is 1270. The van der Waals surface area contributed by atoms with E-state index in [1.807, 2.05) is 66.7 Å². The van der Waals surface area contributed by atoms with Gasteiger partial charge in [-0.25, -0.2) is 0 Å². The Hall–Kier alpha value is -3.26. The highest BCUT2D eigenvalue weighted by molar-refractivity contribution is 7.13. The van der Waals surface area contributed by atoms with Crippen molar-refractivity contribution in [3.8, 4) is 11.1 Å². The van der Waals surface area contributed by atoms with Crippen LogP contribution < -0.4 is 5.32 Å². The lowest BCUT2D eigenvalue weighted by Gasteiger charge is -2.11. The molecule has 0 aliphatic carbocycles. The summed E-state index contributed by atoms with van der Waals surface area (Å²) in [6.07, 6.45) is 0.300. The average molecular weight is 466 g/mol. The van der Waals surface area contributed by atoms with Crippen molar-refractivity contribution in [3.63, 3.8) is 0 Å². The molecule has 1 heterocycles. The van der Waals surface area contributed by atoms with Crippen molar-refractivity contribution >= 4 is 56.9 Å². The molecule has 3 N–H and O–H groups in total. The summed E-state index contributed by atoms with van der Waals surface area (Å²) in [4.78, 5) is 14.7. The molecule has 8 heteroatoms. The highest BCUT2D eigenvalue weighted by Gasteiger charge is 2.12. The molecule has 6 nitrogen and oxygen atoms in total. The molecule has 0 saturated heterocycles. The standard InChI is InChI=1S/C24H20ClN3O3S/c25-23-18(16-5-2-1-3-6-16)7-4-8-20(23)27-24-19-10-9-15(11-21(19)32-28-24)13-26-14-17(29)12-22(30)31/h1-11,13,17,29H,12,14H2,(H,27,28)(H,30,31). The second-order valence-corrected chi connectivity index (χ2v) is 8.37. The number of carboxylic acid groups (broad SMARTS) is 1. The summed E-state index contributed by atoms with van der Waals surface area (Å²) in [5, 5.41) is 23.2. The van der Waals surface area contributed by atoms with Crippen molar-refractivity contribution in [1.29, 1.82) is 0 Å². The number of nitrogens with zero attached hydrogens (tertiary/aromatic N) is 2. The summed E-state index contributed by atoms with van der Waals surface area (Å²) in [7, 11) is 0. The van der Waals surface area contributed by atoms with E-state index in [2.05, 4.69) is 14.7 Å². The number of carbonyl (C=O) groups is 1. The molecule has 4 rings (SSSR count). The number of aliphatic carboxylic acids is 1. The van der Waals surface area contributed by atoms with Gasteiger partial charge in [0.05, 0.1) is 34.5 Å². The molecular weight excluding hydrogens is 446 g/mol. The number of benzene rings is 3. The van der Waals surface area contributed by atoms with E-state index in [1.54, 1.807) is 6.21 Å². The molecule has 0 aliphatic rings. The number of carboxylic acids is 1. The summed E-state index contributed by atoms with van der Waals surface area (Å²) in [6, 6.07) is 21.6. The number of rotatable bonds is 8. The molecular formula is C24H20ClN3O3S. The topological polar surface area (TPSA) is 94.8 Å². The molecule has 1 unspecified atom stereocenters. The Morgan fingerprint density at radius 3 is 2.75 bits per heavy atom. The molecule has 4 aromatic rings. The molecule has 32 heavy (non-hydrogen) atoms. The predicted molar refractivity (Wildman–Crippen MR) is 131 cm³/mol. The molecule has 0 bridgehead atoms. The Kier molecular flexibility index (Phi) is 6.80. The van der Waals surface area contributed by atoms with Crippen molar-refractivity contribution in [2.24, 2.45) is 4.99 Å². The third-order valence-corrected chi connectivity index (χ3v) is 6.01. The van der Waals surface area contributed by atoms with Crippen LogP contribution in [-0.2, 0) is 4.79 Å². The molecule has 0 radical (unpaired) electrons. The molecule has 0 aliphatic heterocycles. The zero-order valence-electron chi connectivity index (χ0n) is 16.9. The van der Waals surface area contributed by atoms with Crippen molar-refractivity contribution in [3.05, 3.63) is 77.3 Å². The molecule has 0 amide bonds. The number of aliphatic imine (C=N–C) groups is 1. The lowest BCUT2D eigenvalue weighted by molar-refractivity contribution is -0.139. The van der Waals surface area contributed by atoms with Crippen molar-refractivity contribution in [2.75, 3.05) is 11.9 Å². The van der Waals surface area contributed by atoms with Gasteiger partial charge in [-0.3, -0.25) is 9.79 Å². The third-order valence-electron chi connectivity index (χ3n) is 4.80. The van der Waals surface area contributed by atoms with Crippen LogP contribution in [0.3, 0.4) is 0 Å². The summed E-state index contributed by atoms with van der Waals surface area (Å²) >= 11 is 8.05. The van der Waals surface area contributed by atoms with E-state index < -0.39 is 12.1 Å². The van der Waals surface area contributed by atoms with E-state index in [-0.39, 0.29) is 13.0 Å². The maximum Gasteiger partial charge on any atom is 0.306 e. The Labute approximate surface area is 194 Å². The number of aromatic nitrogens is 1. The van der Waals surface area contributed by atoms with Crippen molar-refractivity contribution in [2.45, 2.75) is 12.5 Å². The van der Waals surface area contributed by atoms with Crippen LogP contribution in [0, 0.1) is 0 Å². The lowest BCUT2D eigenvalue weighted by atomic mass is 10.0. The average Bonchev–Trinajstić information content (AvgIpc) is 3.17. The van der Waals surface area contributed by atoms with Crippen LogP contribution in [0.25, 0.3) is 21.2 Å². The number of halogens is 1. The van der Waals surface area contributed by atoms with E-state index >= 15 is 0 Å². The highest BCUT2D eigenvalue weighted by atomic mass is 35.5. The lowest BCUT2D eigenvalue weighted by Crippen LogP contribution is -2.16. The SMILES string of the molecule is O=C(O)CC(O)CN=Cc1ccc2c(Nc3cccc(-c4ccccc4)c3Cl)nsc2c1. The van der Waals surface area contributed by atoms with Crippen LogP contribution in [0.2, 0.25) is 5.02 Å². The predicted octanol–water partition coefficient (Wildman–Crippen LogP) is 5.61. The quantitative estimate of drug-likeness (QED) is 0.294. The number of aliphatic hydroxyl groups excluding tert-OH is 1. The first-order chi connectivity index (χ1) is 15.5. The third kappa shape index (κ3) is 5.13. The van der Waals surface area contributed by atoms with Crippen LogP contribution >= 0.6 is 23.1 Å². The maximum atomic E-state index is 10.6. The molecule has 0 saturated carbocycles. The van der Waals surface area contributed by atoms with Gasteiger partial charge in [0.2, 0.25) is 0 Å². The van der Waals surface area contributed by atoms with Gasteiger partial charge in [0, 0.05) is 17.2 Å². The van der Waals surface area contributed by atoms with Gasteiger partial charge in [-0.1, -0.05) is 60.1 Å². The van der Waals surface area contributed by atoms with Crippen LogP contribution in [0.1, 0.15) is 12.0 Å². The zero-order chi connectivity index (χ0) is 22.5. The van der Waals surface area contributed by atoms with Crippen LogP contribution in [0.5, 0.6) is 0 Å². The van der Waals surface area contributed by atoms with Crippen molar-refractivity contribution in [1.82, 2.24) is 4.37 Å². The van der Waals surface area contributed by atoms with Gasteiger partial charge in [0.1, 0.15) is 0 Å². The smallest absolute Gasteiger partial charge is 0.306 e. The van der Waals surface area contributed by atoms with Gasteiger partial charge >= 0.3 is 5.97 Å². The fraction of sp³-hybridized carbons (Fsp3) is 0.125. The van der Waals surface area contributed by atoms with E-state index in [0.29, 0.717) is 5.02 Å². The van der Waals surface area contributed by atoms with Gasteiger partial charge in [0.15, 0.2) is 5.82 Å². The van der Waals surface area contributed by atoms with E-state index in [0.717, 1.165) is 38.3 Å². The van der Waals surface area contributed by atoms with Gasteiger partial charge in [-0.05, 0) is 40.9 Å². The first kappa shape index (κ1) is 22.0. The number of nitrogens with one attached hydrogen (secondary N) is 1. The zero-order valence-corrected chi connectivity index (χ0v) is 18.5. The first-order valence-corrected chi connectivity index (χ1v) is 11.1. The second kappa shape index (κ2) is 9.91. The van der Waals surface area contributed by atoms with Crippen LogP contribution in [0.4, 0.5) is 11.5 Å². The summed E-state index contributed by atoms with van der Waals surface area (Å²) in [6.45, 7) is 0.0378. The number of aliphatic hydroxyl groups is 1. The van der Waals surface area contributed by atoms with Crippen molar-refractivity contribution < 1.29 is 15.0 Å². The summed E-state index contributed by atoms with van der Waals surface area (Å²) < 4.78 is 5.51. The normalized spacial score (nSPS) is 12.3. The summed E-state index contributed by atoms with van der Waals surface area (Å²) in [5.74, 6) is -0.328. The highest BCUT2D eigenvalue weighted by Crippen LogP contribution is 2.37. The Balaban J connectivity index is 1.52. The number of anilines is 2. The van der Waals surface area contributed by atoms with Crippen LogP contribution in [0.15, 0.2) is 71.7 Å². The molecule has 1 atom stereocenters. The maximum absolute atomic E-state index is 10.6. The molecule has 0 spiro atoms. The fourth-order valence-electron chi connectivity index (χ4n) is 3.27. The number of fused-ring (bicyclic) bond motifs is 1. The molecule has 3 aromatic carbocycles. The van der Waals surface area contributed by atoms with Gasteiger partial charge < -0.3 is 15.5 Å². The minimum atomic E-state index is -1.05. The van der Waals surface area contributed by atoms with Gasteiger partial charge in [-0.2, -0.15) is 4.37 Å². The summed E-state index contributed by atoms with van der Waals surface area (Å²) in [5.41, 5.74) is 3.61. The second-order valence-electron chi connectivity index (χ2n) is 7.19. The number of hydrogen-bond acceptors (Lipinski definition) is 6. The first-order valence-electron chi connectivity index (χ1n) is 9.91. The monoisotopic (exact) mass is 465 g/mol. The van der Waals surface area contributed by atoms with E-state index in [4.69, 9.17) is 16.7 Å². The molecule has 0 fully saturated rings. The fourth-order valence-corrected chi connectivity index (χ4v) is 4.33. The van der Waals surface area contributed by atoms with E-state index in [9.17, 15) is 9.90 Å². The number of hydrogen-bond donors (Lipinski definition) is 3. The molecule has 1 aromatic heterocycles. The largest absolute Gasteiger partial charge is 0.481 e. The van der Waals surface area contributed by atoms with Gasteiger partial charge in [-0.15, -0.1) is 0 Å². The molecule has 162 valence electrons.